The number of fused-ring (bicyclic) bond motifs is 1. The molecule has 0 bridgehead atoms. The van der Waals surface area contributed by atoms with Crippen molar-refractivity contribution in [2.75, 3.05) is 6.61 Å². The summed E-state index contributed by atoms with van der Waals surface area (Å²) in [6.45, 7) is 3.13. The molecule has 0 radical (unpaired) electrons. The SMILES string of the molecule is CC1=CC(C)=N/C(=C(/C=N)C(=N)NC(=O)Cn2nc(C(F)(F)F)c3c2CCOC3)[NH2+]1. The standard InChI is InChI=1S/C18H20F3N7O2/c1-9-5-10(2)25-17(24-9)11(6-22)16(23)26-14(29)7-28-13-3-4-30-8-12(13)15(27-28)18(19,20)21/h5-6,22,24H,3-4,7-8H2,1-2H3,(H2,23,26,29)/p+1/b17-11-,22-6?. The van der Waals surface area contributed by atoms with Gasteiger partial charge in [-0.15, -0.1) is 0 Å². The summed E-state index contributed by atoms with van der Waals surface area (Å²) >= 11 is 0. The molecule has 2 aliphatic heterocycles. The Kier molecular flexibility index (Phi) is 5.99. The second-order valence-electron chi connectivity index (χ2n) is 6.88. The van der Waals surface area contributed by atoms with E-state index in [4.69, 9.17) is 15.6 Å². The highest BCUT2D eigenvalue weighted by molar-refractivity contribution is 6.18. The van der Waals surface area contributed by atoms with Crippen LogP contribution >= 0.6 is 0 Å². The van der Waals surface area contributed by atoms with Crippen molar-refractivity contribution >= 4 is 23.7 Å². The van der Waals surface area contributed by atoms with Crippen molar-refractivity contribution in [1.82, 2.24) is 15.1 Å². The fourth-order valence-corrected chi connectivity index (χ4v) is 3.30. The largest absolute Gasteiger partial charge is 0.435 e. The number of nitrogens with one attached hydrogen (secondary N) is 3. The number of amides is 1. The summed E-state index contributed by atoms with van der Waals surface area (Å²) in [5, 5.41) is 23.3. The number of allylic oxidation sites excluding steroid dienone is 2. The maximum atomic E-state index is 13.2. The van der Waals surface area contributed by atoms with E-state index in [2.05, 4.69) is 15.4 Å². The summed E-state index contributed by atoms with van der Waals surface area (Å²) in [5.74, 6) is -0.747. The van der Waals surface area contributed by atoms with Gasteiger partial charge < -0.3 is 15.5 Å². The smallest absolute Gasteiger partial charge is 0.376 e. The predicted molar refractivity (Wildman–Crippen MR) is 101 cm³/mol. The first kappa shape index (κ1) is 21.6. The van der Waals surface area contributed by atoms with Crippen LogP contribution in [0, 0.1) is 10.8 Å². The number of nitrogens with zero attached hydrogens (tertiary/aromatic N) is 3. The lowest BCUT2D eigenvalue weighted by Crippen LogP contribution is -2.80. The average molecular weight is 424 g/mol. The molecule has 0 saturated heterocycles. The van der Waals surface area contributed by atoms with Crippen LogP contribution < -0.4 is 10.6 Å². The second-order valence-corrected chi connectivity index (χ2v) is 6.88. The Hall–Kier alpha value is -3.12. The van der Waals surface area contributed by atoms with Crippen LogP contribution in [0.4, 0.5) is 13.2 Å². The third-order valence-corrected chi connectivity index (χ3v) is 4.51. The number of carbonyl (C=O) groups excluding carboxylic acids is 1. The van der Waals surface area contributed by atoms with E-state index >= 15 is 0 Å². The number of nitrogens with two attached hydrogens (primary N) is 1. The molecular formula is C18H21F3N7O2+. The molecule has 0 aromatic carbocycles. The number of hydrogen-bond acceptors (Lipinski definition) is 6. The summed E-state index contributed by atoms with van der Waals surface area (Å²) < 4.78 is 45.8. The number of aromatic nitrogens is 2. The van der Waals surface area contributed by atoms with Gasteiger partial charge in [0.15, 0.2) is 5.69 Å². The van der Waals surface area contributed by atoms with E-state index in [1.807, 2.05) is 13.0 Å². The van der Waals surface area contributed by atoms with Gasteiger partial charge in [-0.1, -0.05) is 0 Å². The van der Waals surface area contributed by atoms with E-state index < -0.39 is 24.3 Å². The lowest BCUT2D eigenvalue weighted by atomic mass is 10.1. The van der Waals surface area contributed by atoms with Gasteiger partial charge in [0, 0.05) is 42.6 Å². The molecule has 1 amide bonds. The van der Waals surface area contributed by atoms with Gasteiger partial charge in [-0.3, -0.25) is 20.2 Å². The predicted octanol–water partition coefficient (Wildman–Crippen LogP) is 0.871. The third-order valence-electron chi connectivity index (χ3n) is 4.51. The summed E-state index contributed by atoms with van der Waals surface area (Å²) in [7, 11) is 0. The van der Waals surface area contributed by atoms with Crippen molar-refractivity contribution in [2.24, 2.45) is 4.99 Å². The van der Waals surface area contributed by atoms with E-state index in [1.54, 1.807) is 12.2 Å². The molecule has 0 unspecified atom stereocenters. The number of halogens is 3. The van der Waals surface area contributed by atoms with E-state index in [0.29, 0.717) is 17.2 Å². The zero-order valence-corrected chi connectivity index (χ0v) is 16.4. The Labute approximate surface area is 169 Å². The second kappa shape index (κ2) is 8.32. The van der Waals surface area contributed by atoms with E-state index in [-0.39, 0.29) is 36.6 Å². The van der Waals surface area contributed by atoms with Crippen molar-refractivity contribution in [3.05, 3.63) is 40.1 Å². The minimum Gasteiger partial charge on any atom is -0.376 e. The first-order valence-corrected chi connectivity index (χ1v) is 9.05. The molecular weight excluding hydrogens is 403 g/mol. The van der Waals surface area contributed by atoms with Gasteiger partial charge in [0.1, 0.15) is 23.7 Å². The van der Waals surface area contributed by atoms with Crippen LogP contribution in [0.15, 0.2) is 28.2 Å². The van der Waals surface area contributed by atoms with Crippen molar-refractivity contribution in [3.8, 4) is 0 Å². The van der Waals surface area contributed by atoms with Crippen molar-refractivity contribution in [3.63, 3.8) is 0 Å². The lowest BCUT2D eigenvalue weighted by molar-refractivity contribution is -0.556. The number of amidine groups is 1. The lowest BCUT2D eigenvalue weighted by Gasteiger charge is -2.16. The van der Waals surface area contributed by atoms with E-state index in [0.717, 1.165) is 16.6 Å². The number of rotatable bonds is 4. The first-order chi connectivity index (χ1) is 14.1. The molecule has 0 saturated carbocycles. The highest BCUT2D eigenvalue weighted by Crippen LogP contribution is 2.34. The molecule has 1 aromatic heterocycles. The maximum absolute atomic E-state index is 13.2. The molecule has 12 heteroatoms. The highest BCUT2D eigenvalue weighted by atomic mass is 19.4. The maximum Gasteiger partial charge on any atom is 0.435 e. The van der Waals surface area contributed by atoms with Gasteiger partial charge >= 0.3 is 6.18 Å². The molecule has 30 heavy (non-hydrogen) atoms. The average Bonchev–Trinajstić information content (AvgIpc) is 3.00. The molecule has 2 aliphatic rings. The molecule has 1 aromatic rings. The number of hydrogen-bond donors (Lipinski definition) is 4. The fraction of sp³-hybridized carbons (Fsp3) is 0.389. The molecule has 3 rings (SSSR count). The Morgan fingerprint density at radius 1 is 1.43 bits per heavy atom. The number of carbonyl (C=O) groups is 1. The summed E-state index contributed by atoms with van der Waals surface area (Å²) in [5.41, 5.74) is 0.813. The van der Waals surface area contributed by atoms with Gasteiger partial charge in [-0.05, 0) is 6.92 Å². The zero-order valence-electron chi connectivity index (χ0n) is 16.4. The van der Waals surface area contributed by atoms with Crippen LogP contribution in [0.3, 0.4) is 0 Å². The molecule has 0 atom stereocenters. The zero-order chi connectivity index (χ0) is 22.1. The monoisotopic (exact) mass is 424 g/mol. The Morgan fingerprint density at radius 3 is 2.80 bits per heavy atom. The summed E-state index contributed by atoms with van der Waals surface area (Å²) in [4.78, 5) is 16.7. The molecule has 160 valence electrons. The highest BCUT2D eigenvalue weighted by Gasteiger charge is 2.40. The number of alkyl halides is 3. The van der Waals surface area contributed by atoms with Gasteiger partial charge in [0.2, 0.25) is 11.7 Å². The molecule has 3 heterocycles. The molecule has 9 nitrogen and oxygen atoms in total. The Morgan fingerprint density at radius 2 is 2.17 bits per heavy atom. The van der Waals surface area contributed by atoms with Gasteiger partial charge in [-0.25, -0.2) is 4.99 Å². The van der Waals surface area contributed by atoms with Crippen LogP contribution in [-0.4, -0.2) is 40.1 Å². The normalized spacial score (nSPS) is 18.2. The molecule has 0 spiro atoms. The van der Waals surface area contributed by atoms with Crippen LogP contribution in [-0.2, 0) is 35.3 Å². The fourth-order valence-electron chi connectivity index (χ4n) is 3.30. The van der Waals surface area contributed by atoms with Crippen LogP contribution in [0.5, 0.6) is 0 Å². The number of aliphatic imine (C=N–C) groups is 1. The van der Waals surface area contributed by atoms with Crippen LogP contribution in [0.1, 0.15) is 30.8 Å². The summed E-state index contributed by atoms with van der Waals surface area (Å²) in [6, 6.07) is 0. The number of ether oxygens (including phenoxy) is 1. The molecule has 5 N–H and O–H groups in total. The van der Waals surface area contributed by atoms with E-state index in [9.17, 15) is 18.0 Å². The van der Waals surface area contributed by atoms with Gasteiger partial charge in [-0.2, -0.15) is 18.3 Å². The van der Waals surface area contributed by atoms with Gasteiger partial charge in [0.05, 0.1) is 13.2 Å². The van der Waals surface area contributed by atoms with Gasteiger partial charge in [0.25, 0.3) is 0 Å². The Bertz CT molecular complexity index is 1000. The third kappa shape index (κ3) is 4.54. The minimum absolute atomic E-state index is 0.0668. The van der Waals surface area contributed by atoms with Crippen molar-refractivity contribution < 1.29 is 28.0 Å². The minimum atomic E-state index is -4.66. The summed E-state index contributed by atoms with van der Waals surface area (Å²) in [6.07, 6.45) is -1.72. The van der Waals surface area contributed by atoms with Crippen molar-refractivity contribution in [2.45, 2.75) is 39.6 Å². The Balaban J connectivity index is 1.79. The van der Waals surface area contributed by atoms with E-state index in [1.165, 1.54) is 0 Å². The molecule has 0 fully saturated rings. The molecule has 0 aliphatic carbocycles. The van der Waals surface area contributed by atoms with Crippen molar-refractivity contribution in [1.29, 1.82) is 10.8 Å². The first-order valence-electron chi connectivity index (χ1n) is 9.05. The van der Waals surface area contributed by atoms with Crippen LogP contribution in [0.25, 0.3) is 0 Å². The topological polar surface area (TPSA) is 133 Å². The quantitative estimate of drug-likeness (QED) is 0.422. The van der Waals surface area contributed by atoms with Crippen LogP contribution in [0.2, 0.25) is 0 Å². The number of quaternary nitrogens is 1.